The Morgan fingerprint density at radius 3 is 2.47 bits per heavy atom. The molecule has 1 atom stereocenters. The highest BCUT2D eigenvalue weighted by atomic mass is 19.4. The number of carbonyl (C=O) groups excluding carboxylic acids is 1. The van der Waals surface area contributed by atoms with Gasteiger partial charge in [-0.05, 0) is 19.4 Å². The first-order valence-corrected chi connectivity index (χ1v) is 4.70. The minimum absolute atomic E-state index is 0.178. The highest BCUT2D eigenvalue weighted by Crippen LogP contribution is 2.11. The molecule has 15 heavy (non-hydrogen) atoms. The highest BCUT2D eigenvalue weighted by Gasteiger charge is 2.27. The minimum Gasteiger partial charge on any atom is -0.335 e. The van der Waals surface area contributed by atoms with Gasteiger partial charge in [-0.1, -0.05) is 6.92 Å². The molecule has 4 nitrogen and oxygen atoms in total. The van der Waals surface area contributed by atoms with Crippen molar-refractivity contribution < 1.29 is 18.0 Å². The number of urea groups is 1. The normalized spacial score (nSPS) is 13.4. The Morgan fingerprint density at radius 2 is 2.07 bits per heavy atom. The lowest BCUT2D eigenvalue weighted by molar-refractivity contribution is -0.122. The number of carbonyl (C=O) groups is 1. The van der Waals surface area contributed by atoms with Crippen LogP contribution in [0.25, 0.3) is 0 Å². The van der Waals surface area contributed by atoms with E-state index in [4.69, 9.17) is 5.73 Å². The van der Waals surface area contributed by atoms with Gasteiger partial charge in [0.25, 0.3) is 0 Å². The molecule has 0 radical (unpaired) electrons. The summed E-state index contributed by atoms with van der Waals surface area (Å²) in [4.78, 5) is 11.0. The van der Waals surface area contributed by atoms with Gasteiger partial charge in [-0.15, -0.1) is 0 Å². The number of hydrogen-bond donors (Lipinski definition) is 3. The zero-order chi connectivity index (χ0) is 11.9. The summed E-state index contributed by atoms with van der Waals surface area (Å²) in [5.41, 5.74) is 5.27. The number of nitrogens with one attached hydrogen (secondary N) is 2. The van der Waals surface area contributed by atoms with Crippen LogP contribution in [0.15, 0.2) is 0 Å². The molecule has 0 aromatic heterocycles. The maximum atomic E-state index is 11.7. The van der Waals surface area contributed by atoms with Gasteiger partial charge in [0.05, 0.1) is 0 Å². The molecule has 2 amide bonds. The van der Waals surface area contributed by atoms with E-state index in [2.05, 4.69) is 5.32 Å². The van der Waals surface area contributed by atoms with Crippen LogP contribution >= 0.6 is 0 Å². The van der Waals surface area contributed by atoms with Gasteiger partial charge in [0.2, 0.25) is 0 Å². The second-order valence-electron chi connectivity index (χ2n) is 3.12. The molecule has 0 heterocycles. The van der Waals surface area contributed by atoms with Crippen LogP contribution < -0.4 is 16.4 Å². The summed E-state index contributed by atoms with van der Waals surface area (Å²) in [6, 6.07) is -0.990. The molecule has 0 fully saturated rings. The van der Waals surface area contributed by atoms with E-state index < -0.39 is 18.8 Å². The molecular formula is C8H16F3N3O. The van der Waals surface area contributed by atoms with Crippen LogP contribution in [0.2, 0.25) is 0 Å². The summed E-state index contributed by atoms with van der Waals surface area (Å²) in [7, 11) is 0. The van der Waals surface area contributed by atoms with Crippen molar-refractivity contribution in [2.75, 3.05) is 13.1 Å². The second kappa shape index (κ2) is 6.49. The minimum atomic E-state index is -4.38. The number of alkyl halides is 3. The molecule has 0 spiro atoms. The summed E-state index contributed by atoms with van der Waals surface area (Å²) in [6.45, 7) is 0.889. The fourth-order valence-corrected chi connectivity index (χ4v) is 0.996. The quantitative estimate of drug-likeness (QED) is 0.655. The lowest BCUT2D eigenvalue weighted by Crippen LogP contribution is -2.45. The van der Waals surface area contributed by atoms with Crippen molar-refractivity contribution in [2.45, 2.75) is 32.0 Å². The predicted octanol–water partition coefficient (Wildman–Crippen LogP) is 0.975. The first kappa shape index (κ1) is 14.0. The van der Waals surface area contributed by atoms with Gasteiger partial charge < -0.3 is 16.4 Å². The first-order chi connectivity index (χ1) is 6.89. The third-order valence-electron chi connectivity index (χ3n) is 1.79. The number of rotatable bonds is 5. The molecule has 90 valence electrons. The monoisotopic (exact) mass is 227 g/mol. The van der Waals surface area contributed by atoms with Crippen LogP contribution in [0, 0.1) is 0 Å². The van der Waals surface area contributed by atoms with Crippen molar-refractivity contribution >= 4 is 6.03 Å². The predicted molar refractivity (Wildman–Crippen MR) is 50.3 cm³/mol. The SMILES string of the molecule is CCC(CCN)NC(=O)NCC(F)(F)F. The summed E-state index contributed by atoms with van der Waals surface area (Å²) >= 11 is 0. The molecule has 0 aromatic carbocycles. The van der Waals surface area contributed by atoms with Gasteiger partial charge in [-0.3, -0.25) is 0 Å². The molecular weight excluding hydrogens is 211 g/mol. The molecule has 0 saturated heterocycles. The molecule has 0 rings (SSSR count). The molecule has 4 N–H and O–H groups in total. The number of hydrogen-bond acceptors (Lipinski definition) is 2. The van der Waals surface area contributed by atoms with E-state index >= 15 is 0 Å². The van der Waals surface area contributed by atoms with E-state index in [0.29, 0.717) is 19.4 Å². The average molecular weight is 227 g/mol. The lowest BCUT2D eigenvalue weighted by Gasteiger charge is -2.17. The summed E-state index contributed by atoms with van der Waals surface area (Å²) < 4.78 is 35.2. The molecule has 0 aliphatic heterocycles. The second-order valence-corrected chi connectivity index (χ2v) is 3.12. The third-order valence-corrected chi connectivity index (χ3v) is 1.79. The van der Waals surface area contributed by atoms with Gasteiger partial charge in [0.1, 0.15) is 6.54 Å². The largest absolute Gasteiger partial charge is 0.405 e. The van der Waals surface area contributed by atoms with E-state index in [1.165, 1.54) is 0 Å². The molecule has 7 heteroatoms. The average Bonchev–Trinajstić information content (AvgIpc) is 2.13. The van der Waals surface area contributed by atoms with Gasteiger partial charge in [0.15, 0.2) is 0 Å². The van der Waals surface area contributed by atoms with Crippen LogP contribution in [-0.4, -0.2) is 31.3 Å². The molecule has 0 bridgehead atoms. The lowest BCUT2D eigenvalue weighted by atomic mass is 10.1. The Morgan fingerprint density at radius 1 is 1.47 bits per heavy atom. The maximum absolute atomic E-state index is 11.7. The molecule has 1 unspecified atom stereocenters. The van der Waals surface area contributed by atoms with Crippen molar-refractivity contribution in [3.63, 3.8) is 0 Å². The van der Waals surface area contributed by atoms with E-state index in [1.54, 1.807) is 5.32 Å². The zero-order valence-electron chi connectivity index (χ0n) is 8.53. The van der Waals surface area contributed by atoms with E-state index in [9.17, 15) is 18.0 Å². The Kier molecular flexibility index (Phi) is 6.07. The van der Waals surface area contributed by atoms with Crippen molar-refractivity contribution in [3.05, 3.63) is 0 Å². The van der Waals surface area contributed by atoms with E-state index in [0.717, 1.165) is 0 Å². The van der Waals surface area contributed by atoms with E-state index in [-0.39, 0.29) is 6.04 Å². The summed E-state index contributed by atoms with van der Waals surface area (Å²) in [6.07, 6.45) is -3.19. The maximum Gasteiger partial charge on any atom is 0.405 e. The molecule has 0 aromatic rings. The first-order valence-electron chi connectivity index (χ1n) is 4.70. The van der Waals surface area contributed by atoms with Crippen LogP contribution in [0.1, 0.15) is 19.8 Å². The van der Waals surface area contributed by atoms with E-state index in [1.807, 2.05) is 6.92 Å². The van der Waals surface area contributed by atoms with Crippen LogP contribution in [0.4, 0.5) is 18.0 Å². The van der Waals surface area contributed by atoms with Crippen LogP contribution in [0.5, 0.6) is 0 Å². The van der Waals surface area contributed by atoms with Gasteiger partial charge in [-0.2, -0.15) is 13.2 Å². The van der Waals surface area contributed by atoms with Crippen molar-refractivity contribution in [2.24, 2.45) is 5.73 Å². The van der Waals surface area contributed by atoms with Crippen molar-refractivity contribution in [1.82, 2.24) is 10.6 Å². The number of nitrogens with two attached hydrogens (primary N) is 1. The van der Waals surface area contributed by atoms with Crippen molar-refractivity contribution in [1.29, 1.82) is 0 Å². The Bertz CT molecular complexity index is 196. The van der Waals surface area contributed by atoms with Crippen molar-refractivity contribution in [3.8, 4) is 0 Å². The summed E-state index contributed by atoms with van der Waals surface area (Å²) in [5.74, 6) is 0. The fraction of sp³-hybridized carbons (Fsp3) is 0.875. The third kappa shape index (κ3) is 8.04. The molecule has 0 aliphatic rings. The number of halogens is 3. The molecule has 0 saturated carbocycles. The standard InChI is InChI=1S/C8H16F3N3O/c1-2-6(3-4-12)14-7(15)13-5-8(9,10)11/h6H,2-5,12H2,1H3,(H2,13,14,15). The van der Waals surface area contributed by atoms with Gasteiger partial charge in [-0.25, -0.2) is 4.79 Å². The fourth-order valence-electron chi connectivity index (χ4n) is 0.996. The summed E-state index contributed by atoms with van der Waals surface area (Å²) in [5, 5.41) is 4.14. The Labute approximate surface area is 86.4 Å². The van der Waals surface area contributed by atoms with Gasteiger partial charge in [0, 0.05) is 6.04 Å². The zero-order valence-corrected chi connectivity index (χ0v) is 8.53. The Balaban J connectivity index is 3.81. The Hall–Kier alpha value is -0.980. The smallest absolute Gasteiger partial charge is 0.335 e. The van der Waals surface area contributed by atoms with Gasteiger partial charge >= 0.3 is 12.2 Å². The van der Waals surface area contributed by atoms with Crippen LogP contribution in [0.3, 0.4) is 0 Å². The molecule has 0 aliphatic carbocycles. The topological polar surface area (TPSA) is 67.1 Å². The highest BCUT2D eigenvalue weighted by molar-refractivity contribution is 5.74. The van der Waals surface area contributed by atoms with Crippen LogP contribution in [-0.2, 0) is 0 Å². The number of amides is 2.